The van der Waals surface area contributed by atoms with Crippen molar-refractivity contribution in [2.24, 2.45) is 0 Å². The first-order valence-corrected chi connectivity index (χ1v) is 4.07. The van der Waals surface area contributed by atoms with Crippen molar-refractivity contribution in [2.45, 2.75) is 44.8 Å². The summed E-state index contributed by atoms with van der Waals surface area (Å²) < 4.78 is 5.23. The van der Waals surface area contributed by atoms with E-state index >= 15 is 0 Å². The average Bonchev–Trinajstić information content (AvgIpc) is 1.96. The third-order valence-corrected chi connectivity index (χ3v) is 2.30. The highest BCUT2D eigenvalue weighted by Crippen LogP contribution is 2.31. The van der Waals surface area contributed by atoms with Crippen LogP contribution in [-0.2, 0) is 4.74 Å². The Labute approximate surface area is 62.2 Å². The highest BCUT2D eigenvalue weighted by atomic mass is 16.6. The van der Waals surface area contributed by atoms with Gasteiger partial charge in [0.05, 0.1) is 12.7 Å². The van der Waals surface area contributed by atoms with Gasteiger partial charge >= 0.3 is 0 Å². The fraction of sp³-hybridized carbons (Fsp3) is 1.00. The summed E-state index contributed by atoms with van der Waals surface area (Å²) in [6.45, 7) is 4.65. The first kappa shape index (κ1) is 8.02. The van der Waals surface area contributed by atoms with Crippen LogP contribution in [0.5, 0.6) is 0 Å². The minimum absolute atomic E-state index is 0.113. The monoisotopic (exact) mass is 144 g/mol. The lowest BCUT2D eigenvalue weighted by Crippen LogP contribution is -2.57. The Balaban J connectivity index is 2.34. The molecule has 0 aromatic carbocycles. The molecule has 60 valence electrons. The van der Waals surface area contributed by atoms with Gasteiger partial charge in [-0.1, -0.05) is 20.3 Å². The maximum absolute atomic E-state index is 9.68. The molecule has 0 spiro atoms. The smallest absolute Gasteiger partial charge is 0.114 e. The van der Waals surface area contributed by atoms with Crippen LogP contribution in [0.4, 0.5) is 0 Å². The van der Waals surface area contributed by atoms with Crippen LogP contribution in [0, 0.1) is 0 Å². The van der Waals surface area contributed by atoms with E-state index in [2.05, 4.69) is 6.92 Å². The van der Waals surface area contributed by atoms with Gasteiger partial charge in [0.2, 0.25) is 0 Å². The van der Waals surface area contributed by atoms with Crippen LogP contribution in [0.3, 0.4) is 0 Å². The van der Waals surface area contributed by atoms with E-state index in [0.29, 0.717) is 6.61 Å². The van der Waals surface area contributed by atoms with E-state index < -0.39 is 5.60 Å². The van der Waals surface area contributed by atoms with Gasteiger partial charge in [-0.3, -0.25) is 0 Å². The van der Waals surface area contributed by atoms with Gasteiger partial charge in [-0.15, -0.1) is 0 Å². The van der Waals surface area contributed by atoms with Gasteiger partial charge in [-0.25, -0.2) is 0 Å². The molecular weight excluding hydrogens is 128 g/mol. The van der Waals surface area contributed by atoms with Crippen molar-refractivity contribution >= 4 is 0 Å². The zero-order valence-electron chi connectivity index (χ0n) is 6.76. The van der Waals surface area contributed by atoms with Gasteiger partial charge < -0.3 is 9.84 Å². The molecule has 1 fully saturated rings. The molecule has 1 aliphatic heterocycles. The third-order valence-electron chi connectivity index (χ3n) is 2.30. The number of ether oxygens (including phenoxy) is 1. The van der Waals surface area contributed by atoms with Gasteiger partial charge in [0, 0.05) is 0 Å². The predicted molar refractivity (Wildman–Crippen MR) is 39.9 cm³/mol. The predicted octanol–water partition coefficient (Wildman–Crippen LogP) is 1.33. The van der Waals surface area contributed by atoms with Crippen molar-refractivity contribution in [1.82, 2.24) is 0 Å². The number of hydrogen-bond donors (Lipinski definition) is 1. The zero-order chi connectivity index (χ0) is 7.61. The third kappa shape index (κ3) is 1.18. The van der Waals surface area contributed by atoms with Crippen molar-refractivity contribution in [3.05, 3.63) is 0 Å². The highest BCUT2D eigenvalue weighted by molar-refractivity contribution is 4.93. The molecule has 10 heavy (non-hydrogen) atoms. The Morgan fingerprint density at radius 1 is 1.60 bits per heavy atom. The molecule has 0 aromatic heterocycles. The van der Waals surface area contributed by atoms with Crippen LogP contribution in [0.1, 0.15) is 33.1 Å². The van der Waals surface area contributed by atoms with E-state index in [4.69, 9.17) is 4.74 Å². The standard InChI is InChI=1S/C8H16O2/c1-3-5-7-8(9,4-2)6-10-7/h7,9H,3-6H2,1-2H3. The second-order valence-corrected chi connectivity index (χ2v) is 3.05. The van der Waals surface area contributed by atoms with Gasteiger partial charge in [0.25, 0.3) is 0 Å². The average molecular weight is 144 g/mol. The molecule has 2 heteroatoms. The van der Waals surface area contributed by atoms with Crippen LogP contribution in [0.15, 0.2) is 0 Å². The van der Waals surface area contributed by atoms with Gasteiger partial charge in [0.1, 0.15) is 5.60 Å². The minimum atomic E-state index is -0.490. The molecule has 1 heterocycles. The van der Waals surface area contributed by atoms with Gasteiger partial charge in [-0.2, -0.15) is 0 Å². The maximum atomic E-state index is 9.68. The SMILES string of the molecule is CCCC1OCC1(O)CC. The van der Waals surface area contributed by atoms with Gasteiger partial charge in [0.15, 0.2) is 0 Å². The molecule has 1 aliphatic rings. The summed E-state index contributed by atoms with van der Waals surface area (Å²) in [4.78, 5) is 0. The van der Waals surface area contributed by atoms with Crippen molar-refractivity contribution in [2.75, 3.05) is 6.61 Å². The van der Waals surface area contributed by atoms with Gasteiger partial charge in [-0.05, 0) is 12.8 Å². The van der Waals surface area contributed by atoms with E-state index in [-0.39, 0.29) is 6.10 Å². The van der Waals surface area contributed by atoms with Crippen molar-refractivity contribution < 1.29 is 9.84 Å². The molecule has 0 amide bonds. The normalized spacial score (nSPS) is 39.3. The van der Waals surface area contributed by atoms with E-state index in [0.717, 1.165) is 19.3 Å². The summed E-state index contributed by atoms with van der Waals surface area (Å²) in [5.74, 6) is 0. The largest absolute Gasteiger partial charge is 0.385 e. The van der Waals surface area contributed by atoms with Crippen molar-refractivity contribution in [1.29, 1.82) is 0 Å². The molecule has 2 nitrogen and oxygen atoms in total. The summed E-state index contributed by atoms with van der Waals surface area (Å²) >= 11 is 0. The second kappa shape index (κ2) is 2.89. The van der Waals surface area contributed by atoms with E-state index in [1.807, 2.05) is 6.92 Å². The lowest BCUT2D eigenvalue weighted by Gasteiger charge is -2.44. The van der Waals surface area contributed by atoms with Crippen LogP contribution in [0.2, 0.25) is 0 Å². The Hall–Kier alpha value is -0.0800. The second-order valence-electron chi connectivity index (χ2n) is 3.05. The number of aliphatic hydroxyl groups is 1. The maximum Gasteiger partial charge on any atom is 0.114 e. The van der Waals surface area contributed by atoms with Crippen LogP contribution in [-0.4, -0.2) is 23.4 Å². The highest BCUT2D eigenvalue weighted by Gasteiger charge is 2.44. The van der Waals surface area contributed by atoms with E-state index in [9.17, 15) is 5.11 Å². The first-order chi connectivity index (χ1) is 4.73. The summed E-state index contributed by atoms with van der Waals surface area (Å²) in [6.07, 6.45) is 3.01. The molecule has 2 unspecified atom stereocenters. The number of rotatable bonds is 3. The fourth-order valence-electron chi connectivity index (χ4n) is 1.34. The molecule has 0 radical (unpaired) electrons. The molecule has 0 saturated carbocycles. The topological polar surface area (TPSA) is 29.5 Å². The lowest BCUT2D eigenvalue weighted by atomic mass is 9.87. The zero-order valence-corrected chi connectivity index (χ0v) is 6.76. The molecular formula is C8H16O2. The molecule has 0 aromatic rings. The number of hydrogen-bond acceptors (Lipinski definition) is 2. The van der Waals surface area contributed by atoms with Crippen molar-refractivity contribution in [3.8, 4) is 0 Å². The quantitative estimate of drug-likeness (QED) is 0.647. The Morgan fingerprint density at radius 2 is 2.30 bits per heavy atom. The summed E-state index contributed by atoms with van der Waals surface area (Å²) in [6, 6.07) is 0. The summed E-state index contributed by atoms with van der Waals surface area (Å²) in [7, 11) is 0. The molecule has 1 saturated heterocycles. The van der Waals surface area contributed by atoms with E-state index in [1.165, 1.54) is 0 Å². The summed E-state index contributed by atoms with van der Waals surface area (Å²) in [5.41, 5.74) is -0.490. The Morgan fingerprint density at radius 3 is 2.60 bits per heavy atom. The molecule has 1 rings (SSSR count). The lowest BCUT2D eigenvalue weighted by molar-refractivity contribution is -0.240. The molecule has 0 bridgehead atoms. The molecule has 2 atom stereocenters. The van der Waals surface area contributed by atoms with Crippen LogP contribution < -0.4 is 0 Å². The fourth-order valence-corrected chi connectivity index (χ4v) is 1.34. The van der Waals surface area contributed by atoms with E-state index in [1.54, 1.807) is 0 Å². The first-order valence-electron chi connectivity index (χ1n) is 4.07. The van der Waals surface area contributed by atoms with Crippen molar-refractivity contribution in [3.63, 3.8) is 0 Å². The molecule has 0 aliphatic carbocycles. The minimum Gasteiger partial charge on any atom is -0.385 e. The molecule has 1 N–H and O–H groups in total. The van der Waals surface area contributed by atoms with Crippen LogP contribution >= 0.6 is 0 Å². The summed E-state index contributed by atoms with van der Waals surface area (Å²) in [5, 5.41) is 9.68. The Bertz CT molecular complexity index is 110. The Kier molecular flexibility index (Phi) is 2.32. The van der Waals surface area contributed by atoms with Crippen LogP contribution in [0.25, 0.3) is 0 Å².